The first-order valence-electron chi connectivity index (χ1n) is 5.44. The topological polar surface area (TPSA) is 24.9 Å². The number of anilines is 1. The van der Waals surface area contributed by atoms with Gasteiger partial charge in [0.1, 0.15) is 0 Å². The summed E-state index contributed by atoms with van der Waals surface area (Å²) < 4.78 is 0. The average Bonchev–Trinajstić information content (AvgIpc) is 2.65. The summed E-state index contributed by atoms with van der Waals surface area (Å²) >= 11 is 1.69. The first-order chi connectivity index (χ1) is 7.65. The maximum atomic E-state index is 4.47. The number of hydrogen-bond acceptors (Lipinski definition) is 3. The van der Waals surface area contributed by atoms with E-state index in [4.69, 9.17) is 0 Å². The van der Waals surface area contributed by atoms with E-state index in [1.54, 1.807) is 11.3 Å². The van der Waals surface area contributed by atoms with Gasteiger partial charge in [-0.3, -0.25) is 0 Å². The minimum Gasteiger partial charge on any atom is -0.383 e. The van der Waals surface area contributed by atoms with E-state index < -0.39 is 0 Å². The zero-order valence-electron chi connectivity index (χ0n) is 9.82. The molecule has 0 bridgehead atoms. The summed E-state index contributed by atoms with van der Waals surface area (Å²) in [7, 11) is 0. The van der Waals surface area contributed by atoms with Crippen LogP contribution >= 0.6 is 11.3 Å². The number of rotatable bonds is 3. The first kappa shape index (κ1) is 11.1. The zero-order chi connectivity index (χ0) is 11.5. The van der Waals surface area contributed by atoms with Crippen LogP contribution in [0, 0.1) is 6.92 Å². The van der Waals surface area contributed by atoms with E-state index in [0.717, 1.165) is 16.4 Å². The summed E-state index contributed by atoms with van der Waals surface area (Å²) in [4.78, 5) is 4.47. The molecule has 84 valence electrons. The zero-order valence-corrected chi connectivity index (χ0v) is 10.6. The molecule has 3 heteroatoms. The molecule has 1 aromatic heterocycles. The summed E-state index contributed by atoms with van der Waals surface area (Å²) in [5.74, 6) is 0. The Morgan fingerprint density at radius 3 is 2.38 bits per heavy atom. The molecule has 1 aromatic carbocycles. The summed E-state index contributed by atoms with van der Waals surface area (Å²) in [6.45, 7) is 6.30. The Labute approximate surface area is 100 Å². The molecule has 0 aliphatic rings. The van der Waals surface area contributed by atoms with Gasteiger partial charge in [0.05, 0.1) is 10.7 Å². The number of nitrogens with zero attached hydrogens (tertiary/aromatic N) is 1. The Kier molecular flexibility index (Phi) is 3.25. The lowest BCUT2D eigenvalue weighted by Crippen LogP contribution is -2.09. The van der Waals surface area contributed by atoms with Gasteiger partial charge in [0, 0.05) is 22.7 Å². The molecule has 0 spiro atoms. The molecular weight excluding hydrogens is 216 g/mol. The van der Waals surface area contributed by atoms with Gasteiger partial charge in [0.2, 0.25) is 0 Å². The molecule has 0 fully saturated rings. The minimum absolute atomic E-state index is 0.465. The van der Waals surface area contributed by atoms with E-state index in [9.17, 15) is 0 Å². The number of thiazole rings is 1. The van der Waals surface area contributed by atoms with Crippen molar-refractivity contribution in [3.8, 4) is 11.3 Å². The Morgan fingerprint density at radius 2 is 1.88 bits per heavy atom. The van der Waals surface area contributed by atoms with Crippen molar-refractivity contribution < 1.29 is 0 Å². The summed E-state index contributed by atoms with van der Waals surface area (Å²) in [6, 6.07) is 8.89. The molecule has 2 aromatic rings. The predicted octanol–water partition coefficient (Wildman–Crippen LogP) is 3.94. The Balaban J connectivity index is 2.19. The van der Waals surface area contributed by atoms with Gasteiger partial charge in [0.25, 0.3) is 0 Å². The van der Waals surface area contributed by atoms with Gasteiger partial charge < -0.3 is 5.32 Å². The SMILES string of the molecule is Cc1nc(-c2ccc(NC(C)C)cc2)cs1. The standard InChI is InChI=1S/C13H16N2S/c1-9(2)14-12-6-4-11(5-7-12)13-8-16-10(3)15-13/h4-9,14H,1-3H3. The van der Waals surface area contributed by atoms with Crippen molar-refractivity contribution in [3.05, 3.63) is 34.7 Å². The molecule has 1 heterocycles. The fourth-order valence-corrected chi connectivity index (χ4v) is 2.19. The second kappa shape index (κ2) is 4.66. The second-order valence-corrected chi connectivity index (χ2v) is 5.19. The Bertz CT molecular complexity index is 457. The molecule has 0 amide bonds. The monoisotopic (exact) mass is 232 g/mol. The van der Waals surface area contributed by atoms with Crippen molar-refractivity contribution in [2.45, 2.75) is 26.8 Å². The molecule has 0 aliphatic carbocycles. The van der Waals surface area contributed by atoms with Crippen molar-refractivity contribution in [1.29, 1.82) is 0 Å². The molecule has 0 unspecified atom stereocenters. The van der Waals surface area contributed by atoms with Crippen LogP contribution in [0.5, 0.6) is 0 Å². The third-order valence-corrected chi connectivity index (χ3v) is 3.03. The summed E-state index contributed by atoms with van der Waals surface area (Å²) in [5.41, 5.74) is 3.41. The van der Waals surface area contributed by atoms with Crippen LogP contribution in [0.1, 0.15) is 18.9 Å². The van der Waals surface area contributed by atoms with Gasteiger partial charge in [0.15, 0.2) is 0 Å². The van der Waals surface area contributed by atoms with E-state index in [0.29, 0.717) is 6.04 Å². The second-order valence-electron chi connectivity index (χ2n) is 4.13. The number of hydrogen-bond donors (Lipinski definition) is 1. The van der Waals surface area contributed by atoms with Crippen LogP contribution in [-0.4, -0.2) is 11.0 Å². The van der Waals surface area contributed by atoms with Crippen LogP contribution in [-0.2, 0) is 0 Å². The van der Waals surface area contributed by atoms with E-state index in [1.807, 2.05) is 6.92 Å². The van der Waals surface area contributed by atoms with Crippen LogP contribution in [0.2, 0.25) is 0 Å². The Morgan fingerprint density at radius 1 is 1.19 bits per heavy atom. The predicted molar refractivity (Wildman–Crippen MR) is 71.0 cm³/mol. The molecule has 0 radical (unpaired) electrons. The summed E-state index contributed by atoms with van der Waals surface area (Å²) in [6.07, 6.45) is 0. The van der Waals surface area contributed by atoms with Crippen molar-refractivity contribution >= 4 is 17.0 Å². The van der Waals surface area contributed by atoms with Gasteiger partial charge in [-0.1, -0.05) is 12.1 Å². The normalized spacial score (nSPS) is 10.8. The lowest BCUT2D eigenvalue weighted by atomic mass is 10.1. The number of aryl methyl sites for hydroxylation is 1. The molecule has 0 saturated carbocycles. The van der Waals surface area contributed by atoms with E-state index in [-0.39, 0.29) is 0 Å². The third kappa shape index (κ3) is 2.61. The van der Waals surface area contributed by atoms with Gasteiger partial charge in [-0.05, 0) is 32.9 Å². The Hall–Kier alpha value is -1.35. The number of nitrogens with one attached hydrogen (secondary N) is 1. The number of benzene rings is 1. The lowest BCUT2D eigenvalue weighted by Gasteiger charge is -2.09. The van der Waals surface area contributed by atoms with Crippen molar-refractivity contribution in [3.63, 3.8) is 0 Å². The highest BCUT2D eigenvalue weighted by atomic mass is 32.1. The van der Waals surface area contributed by atoms with Crippen molar-refractivity contribution in [1.82, 2.24) is 4.98 Å². The molecule has 2 nitrogen and oxygen atoms in total. The van der Waals surface area contributed by atoms with Crippen molar-refractivity contribution in [2.75, 3.05) is 5.32 Å². The van der Waals surface area contributed by atoms with Crippen LogP contribution in [0.25, 0.3) is 11.3 Å². The molecule has 16 heavy (non-hydrogen) atoms. The van der Waals surface area contributed by atoms with Gasteiger partial charge in [-0.25, -0.2) is 4.98 Å². The van der Waals surface area contributed by atoms with Crippen molar-refractivity contribution in [2.24, 2.45) is 0 Å². The van der Waals surface area contributed by atoms with Crippen LogP contribution < -0.4 is 5.32 Å². The molecular formula is C13H16N2S. The fraction of sp³-hybridized carbons (Fsp3) is 0.308. The molecule has 0 aliphatic heterocycles. The minimum atomic E-state index is 0.465. The molecule has 0 saturated heterocycles. The maximum Gasteiger partial charge on any atom is 0.0901 e. The highest BCUT2D eigenvalue weighted by Gasteiger charge is 2.02. The van der Waals surface area contributed by atoms with Gasteiger partial charge >= 0.3 is 0 Å². The first-order valence-corrected chi connectivity index (χ1v) is 6.32. The lowest BCUT2D eigenvalue weighted by molar-refractivity contribution is 0.900. The van der Waals surface area contributed by atoms with E-state index in [1.165, 1.54) is 5.56 Å². The van der Waals surface area contributed by atoms with Gasteiger partial charge in [-0.15, -0.1) is 11.3 Å². The van der Waals surface area contributed by atoms with Crippen LogP contribution in [0.3, 0.4) is 0 Å². The van der Waals surface area contributed by atoms with Crippen LogP contribution in [0.15, 0.2) is 29.6 Å². The molecule has 0 atom stereocenters. The third-order valence-electron chi connectivity index (χ3n) is 2.26. The van der Waals surface area contributed by atoms with Crippen LogP contribution in [0.4, 0.5) is 5.69 Å². The largest absolute Gasteiger partial charge is 0.383 e. The number of aromatic nitrogens is 1. The fourth-order valence-electron chi connectivity index (χ4n) is 1.57. The highest BCUT2D eigenvalue weighted by molar-refractivity contribution is 7.09. The smallest absolute Gasteiger partial charge is 0.0901 e. The molecule has 2 rings (SSSR count). The average molecular weight is 232 g/mol. The summed E-state index contributed by atoms with van der Waals surface area (Å²) in [5, 5.41) is 6.58. The van der Waals surface area contributed by atoms with E-state index in [2.05, 4.69) is 53.8 Å². The maximum absolute atomic E-state index is 4.47. The molecule has 1 N–H and O–H groups in total. The van der Waals surface area contributed by atoms with Gasteiger partial charge in [-0.2, -0.15) is 0 Å². The quantitative estimate of drug-likeness (QED) is 0.867. The van der Waals surface area contributed by atoms with E-state index >= 15 is 0 Å². The highest BCUT2D eigenvalue weighted by Crippen LogP contribution is 2.23.